The molecule has 0 saturated heterocycles. The number of nitrogens with zero attached hydrogens (tertiary/aromatic N) is 2. The molecule has 1 aromatic rings. The number of carbonyl (C=O) groups excluding carboxylic acids is 1. The average molecular weight is 531 g/mol. The molecule has 0 bridgehead atoms. The first-order chi connectivity index (χ1) is 18.6. The lowest BCUT2D eigenvalue weighted by Crippen LogP contribution is -2.27. The number of esters is 1. The predicted molar refractivity (Wildman–Crippen MR) is 156 cm³/mol. The van der Waals surface area contributed by atoms with Gasteiger partial charge in [-0.1, -0.05) is 109 Å². The second kappa shape index (κ2) is 20.9. The van der Waals surface area contributed by atoms with Crippen molar-refractivity contribution in [3.63, 3.8) is 0 Å². The molecule has 0 spiro atoms. The Labute approximate surface area is 232 Å². The molecule has 216 valence electrons. The lowest BCUT2D eigenvalue weighted by atomic mass is 10.0. The molecule has 1 aliphatic heterocycles. The fourth-order valence-corrected chi connectivity index (χ4v) is 4.81. The van der Waals surface area contributed by atoms with Gasteiger partial charge in [0.25, 0.3) is 0 Å². The second-order valence-corrected chi connectivity index (χ2v) is 10.7. The minimum Gasteiger partial charge on any atom is -0.459 e. The first kappa shape index (κ1) is 32.2. The van der Waals surface area contributed by atoms with E-state index in [0.29, 0.717) is 18.7 Å². The molecule has 38 heavy (non-hydrogen) atoms. The van der Waals surface area contributed by atoms with Gasteiger partial charge in [0.2, 0.25) is 0 Å². The molecule has 1 unspecified atom stereocenters. The zero-order chi connectivity index (χ0) is 27.3. The summed E-state index contributed by atoms with van der Waals surface area (Å²) in [6.45, 7) is 5.12. The van der Waals surface area contributed by atoms with Crippen LogP contribution in [0.4, 0.5) is 0 Å². The van der Waals surface area contributed by atoms with Gasteiger partial charge in [0.1, 0.15) is 12.7 Å². The zero-order valence-electron chi connectivity index (χ0n) is 24.5. The van der Waals surface area contributed by atoms with E-state index < -0.39 is 0 Å². The molecule has 1 aliphatic rings. The molecular formula is C32H54N2O4. The van der Waals surface area contributed by atoms with Gasteiger partial charge < -0.3 is 24.0 Å². The van der Waals surface area contributed by atoms with Crippen LogP contribution in [0, 0.1) is 0 Å². The van der Waals surface area contributed by atoms with Crippen LogP contribution in [0.25, 0.3) is 0 Å². The van der Waals surface area contributed by atoms with Crippen LogP contribution in [-0.4, -0.2) is 62.5 Å². The summed E-state index contributed by atoms with van der Waals surface area (Å²) in [5, 5.41) is 0. The van der Waals surface area contributed by atoms with Gasteiger partial charge in [-0.2, -0.15) is 0 Å². The van der Waals surface area contributed by atoms with Gasteiger partial charge in [-0.25, -0.2) is 4.79 Å². The third-order valence-corrected chi connectivity index (χ3v) is 7.23. The predicted octanol–water partition coefficient (Wildman–Crippen LogP) is 7.53. The minimum absolute atomic E-state index is 0.189. The number of hydrogen-bond donors (Lipinski definition) is 0. The van der Waals surface area contributed by atoms with E-state index in [2.05, 4.69) is 16.7 Å². The van der Waals surface area contributed by atoms with Gasteiger partial charge in [0, 0.05) is 39.7 Å². The Bertz CT molecular complexity index is 770. The lowest BCUT2D eigenvalue weighted by Gasteiger charge is -2.20. The molecule has 6 nitrogen and oxygen atoms in total. The quantitative estimate of drug-likeness (QED) is 0.108. The fourth-order valence-electron chi connectivity index (χ4n) is 4.81. The van der Waals surface area contributed by atoms with E-state index in [1.165, 1.54) is 83.5 Å². The van der Waals surface area contributed by atoms with Gasteiger partial charge in [-0.05, 0) is 18.1 Å². The molecule has 0 saturated carbocycles. The highest BCUT2D eigenvalue weighted by Gasteiger charge is 2.18. The molecule has 0 N–H and O–H groups in total. The topological polar surface area (TPSA) is 51.2 Å². The third-order valence-electron chi connectivity index (χ3n) is 7.23. The van der Waals surface area contributed by atoms with Crippen LogP contribution in [0.5, 0.6) is 0 Å². The number of unbranched alkanes of at least 4 members (excludes halogenated alkanes) is 13. The van der Waals surface area contributed by atoms with E-state index in [1.54, 1.807) is 7.11 Å². The van der Waals surface area contributed by atoms with Crippen molar-refractivity contribution in [1.82, 2.24) is 9.80 Å². The maximum absolute atomic E-state index is 12.8. The monoisotopic (exact) mass is 530 g/mol. The molecule has 6 heteroatoms. The summed E-state index contributed by atoms with van der Waals surface area (Å²) in [5.74, 6) is -0.314. The third kappa shape index (κ3) is 14.2. The Morgan fingerprint density at radius 1 is 0.842 bits per heavy atom. The fraction of sp³-hybridized carbons (Fsp3) is 0.719. The van der Waals surface area contributed by atoms with Crippen LogP contribution < -0.4 is 0 Å². The van der Waals surface area contributed by atoms with Gasteiger partial charge in [0.15, 0.2) is 0 Å². The van der Waals surface area contributed by atoms with Crippen LogP contribution in [0.15, 0.2) is 36.7 Å². The van der Waals surface area contributed by atoms with Crippen LogP contribution >= 0.6 is 0 Å². The molecule has 0 radical (unpaired) electrons. The number of methoxy groups -OCH3 is 1. The van der Waals surface area contributed by atoms with Crippen molar-refractivity contribution in [1.29, 1.82) is 0 Å². The van der Waals surface area contributed by atoms with Crippen molar-refractivity contribution in [2.75, 3.05) is 40.6 Å². The van der Waals surface area contributed by atoms with Crippen molar-refractivity contribution in [3.05, 3.63) is 47.8 Å². The van der Waals surface area contributed by atoms with Gasteiger partial charge in [-0.3, -0.25) is 0 Å². The smallest absolute Gasteiger partial charge is 0.338 e. The summed E-state index contributed by atoms with van der Waals surface area (Å²) in [4.78, 5) is 17.0. The Morgan fingerprint density at radius 3 is 2.03 bits per heavy atom. The number of ether oxygens (including phenoxy) is 3. The number of rotatable bonds is 23. The molecule has 0 aliphatic carbocycles. The van der Waals surface area contributed by atoms with E-state index in [9.17, 15) is 4.79 Å². The van der Waals surface area contributed by atoms with E-state index in [1.807, 2.05) is 43.7 Å². The second-order valence-electron chi connectivity index (χ2n) is 10.7. The first-order valence-corrected chi connectivity index (χ1v) is 15.1. The molecule has 0 amide bonds. The Hall–Kier alpha value is -2.05. The largest absolute Gasteiger partial charge is 0.459 e. The SMILES string of the molecule is CCCCCCCCCCCCCCCCOCC(COC(=O)c1ccccc1CN1C=CN(C)C1)OC. The molecule has 1 aromatic carbocycles. The maximum Gasteiger partial charge on any atom is 0.338 e. The summed E-state index contributed by atoms with van der Waals surface area (Å²) in [6.07, 6.45) is 22.7. The Balaban J connectivity index is 1.48. The highest BCUT2D eigenvalue weighted by atomic mass is 16.6. The number of carbonyl (C=O) groups is 1. The van der Waals surface area contributed by atoms with E-state index >= 15 is 0 Å². The van der Waals surface area contributed by atoms with Crippen LogP contribution in [0.1, 0.15) is 113 Å². The van der Waals surface area contributed by atoms with Crippen LogP contribution in [0.3, 0.4) is 0 Å². The number of hydrogen-bond acceptors (Lipinski definition) is 6. The van der Waals surface area contributed by atoms with Gasteiger partial charge in [0.05, 0.1) is 18.8 Å². The molecule has 1 atom stereocenters. The summed E-state index contributed by atoms with van der Waals surface area (Å²) >= 11 is 0. The molecule has 1 heterocycles. The van der Waals surface area contributed by atoms with E-state index in [0.717, 1.165) is 25.3 Å². The van der Waals surface area contributed by atoms with E-state index in [-0.39, 0.29) is 18.7 Å². The van der Waals surface area contributed by atoms with Gasteiger partial charge >= 0.3 is 5.97 Å². The standard InChI is InChI=1S/C32H54N2O4/c1-4-5-6-7-8-9-10-11-12-13-14-15-16-19-24-37-26-30(36-3)27-38-32(35)31-21-18-17-20-29(31)25-34-23-22-33(2)28-34/h17-18,20-23,30H,4-16,19,24-28H2,1-3H3. The summed E-state index contributed by atoms with van der Waals surface area (Å²) < 4.78 is 16.9. The number of benzene rings is 1. The Kier molecular flexibility index (Phi) is 17.7. The van der Waals surface area contributed by atoms with Crippen molar-refractivity contribution in [2.24, 2.45) is 0 Å². The van der Waals surface area contributed by atoms with Gasteiger partial charge in [-0.15, -0.1) is 0 Å². The van der Waals surface area contributed by atoms with E-state index in [4.69, 9.17) is 14.2 Å². The van der Waals surface area contributed by atoms with Crippen LogP contribution in [-0.2, 0) is 20.8 Å². The maximum atomic E-state index is 12.8. The van der Waals surface area contributed by atoms with Crippen molar-refractivity contribution in [3.8, 4) is 0 Å². The average Bonchev–Trinajstić information content (AvgIpc) is 3.34. The molecule has 0 fully saturated rings. The molecular weight excluding hydrogens is 476 g/mol. The normalized spacial score (nSPS) is 13.9. The summed E-state index contributed by atoms with van der Waals surface area (Å²) in [7, 11) is 3.67. The van der Waals surface area contributed by atoms with Crippen LogP contribution in [0.2, 0.25) is 0 Å². The van der Waals surface area contributed by atoms with Crippen molar-refractivity contribution >= 4 is 5.97 Å². The summed E-state index contributed by atoms with van der Waals surface area (Å²) in [6, 6.07) is 7.64. The summed E-state index contributed by atoms with van der Waals surface area (Å²) in [5.41, 5.74) is 1.56. The zero-order valence-corrected chi connectivity index (χ0v) is 24.5. The van der Waals surface area contributed by atoms with Crippen molar-refractivity contribution in [2.45, 2.75) is 109 Å². The first-order valence-electron chi connectivity index (χ1n) is 15.1. The Morgan fingerprint density at radius 2 is 1.45 bits per heavy atom. The van der Waals surface area contributed by atoms with Crippen molar-refractivity contribution < 1.29 is 19.0 Å². The highest BCUT2D eigenvalue weighted by molar-refractivity contribution is 5.91. The minimum atomic E-state index is -0.314. The molecule has 2 rings (SSSR count). The molecule has 0 aromatic heterocycles. The highest BCUT2D eigenvalue weighted by Crippen LogP contribution is 2.17. The lowest BCUT2D eigenvalue weighted by molar-refractivity contribution is -0.0315.